The number of hydrogen-bond donors (Lipinski definition) is 1. The summed E-state index contributed by atoms with van der Waals surface area (Å²) >= 11 is 9.70. The maximum absolute atomic E-state index is 14.2. The van der Waals surface area contributed by atoms with E-state index in [-0.39, 0.29) is 49.1 Å². The highest BCUT2D eigenvalue weighted by atomic mass is 79.9. The summed E-state index contributed by atoms with van der Waals surface area (Å²) in [6.45, 7) is 2.38. The fourth-order valence-electron chi connectivity index (χ4n) is 5.95. The molecule has 2 aromatic heterocycles. The van der Waals surface area contributed by atoms with Crippen molar-refractivity contribution in [3.05, 3.63) is 121 Å². The molecule has 5 aromatic rings. The van der Waals surface area contributed by atoms with Gasteiger partial charge in [-0.3, -0.25) is 23.4 Å². The molecule has 47 heavy (non-hydrogen) atoms. The lowest BCUT2D eigenvalue weighted by atomic mass is 10.0. The Labute approximate surface area is 284 Å². The number of rotatable bonds is 8. The lowest BCUT2D eigenvalue weighted by molar-refractivity contribution is 0.0610. The molecular weight excluding hydrogens is 684 g/mol. The lowest BCUT2D eigenvalue weighted by Gasteiger charge is -2.34. The molecule has 0 radical (unpaired) electrons. The molecule has 0 saturated heterocycles. The molecule has 3 aromatic carbocycles. The molecule has 1 atom stereocenters. The first-order valence-electron chi connectivity index (χ1n) is 15.4. The Morgan fingerprint density at radius 1 is 1.06 bits per heavy atom. The van der Waals surface area contributed by atoms with Gasteiger partial charge >= 0.3 is 5.69 Å². The second-order valence-electron chi connectivity index (χ2n) is 12.0. The highest BCUT2D eigenvalue weighted by Crippen LogP contribution is 2.30. The molecule has 0 spiro atoms. The molecule has 1 aliphatic heterocycles. The number of nitrogens with one attached hydrogen (secondary N) is 1. The first-order chi connectivity index (χ1) is 22.7. The third-order valence-corrected chi connectivity index (χ3v) is 9.79. The van der Waals surface area contributed by atoms with Gasteiger partial charge in [-0.15, -0.1) is 0 Å². The predicted octanol–water partition coefficient (Wildman–Crippen LogP) is 5.97. The Morgan fingerprint density at radius 2 is 1.83 bits per heavy atom. The Morgan fingerprint density at radius 3 is 2.53 bits per heavy atom. The summed E-state index contributed by atoms with van der Waals surface area (Å²) in [4.78, 5) is 43.8. The van der Waals surface area contributed by atoms with Gasteiger partial charge in [-0.05, 0) is 89.8 Å². The quantitative estimate of drug-likeness (QED) is 0.213. The summed E-state index contributed by atoms with van der Waals surface area (Å²) in [6, 6.07) is 21.6. The van der Waals surface area contributed by atoms with Crippen LogP contribution in [0.3, 0.4) is 0 Å². The average Bonchev–Trinajstić information content (AvgIpc) is 3.71. The van der Waals surface area contributed by atoms with Crippen LogP contribution in [0.5, 0.6) is 5.75 Å². The zero-order chi connectivity index (χ0) is 32.8. The number of halogens is 2. The van der Waals surface area contributed by atoms with E-state index in [0.717, 1.165) is 29.7 Å². The third-order valence-electron chi connectivity index (χ3n) is 8.55. The van der Waals surface area contributed by atoms with E-state index in [0.29, 0.717) is 32.2 Å². The number of nitrogens with zero attached hydrogens (tertiary/aromatic N) is 5. The van der Waals surface area contributed by atoms with Crippen molar-refractivity contribution in [2.45, 2.75) is 51.5 Å². The molecule has 10 nitrogen and oxygen atoms in total. The van der Waals surface area contributed by atoms with Crippen molar-refractivity contribution >= 4 is 39.3 Å². The number of carbonyl (C=O) groups is 2. The normalized spacial score (nSPS) is 15.7. The number of imidazole rings is 1. The smallest absolute Gasteiger partial charge is 0.333 e. The molecule has 0 unspecified atom stereocenters. The van der Waals surface area contributed by atoms with Gasteiger partial charge in [0, 0.05) is 48.0 Å². The number of benzene rings is 3. The van der Waals surface area contributed by atoms with E-state index in [1.807, 2.05) is 62.6 Å². The molecule has 240 valence electrons. The van der Waals surface area contributed by atoms with Crippen molar-refractivity contribution in [1.29, 1.82) is 0 Å². The van der Waals surface area contributed by atoms with Gasteiger partial charge in [-0.25, -0.2) is 4.79 Å². The van der Waals surface area contributed by atoms with Crippen LogP contribution in [0.4, 0.5) is 0 Å². The minimum Gasteiger partial charge on any atom is -0.490 e. The van der Waals surface area contributed by atoms with E-state index >= 15 is 0 Å². The monoisotopic (exact) mass is 714 g/mol. The maximum Gasteiger partial charge on any atom is 0.333 e. The number of fused-ring (bicyclic) bond motifs is 1. The Kier molecular flexibility index (Phi) is 8.27. The number of hydrogen-bond acceptors (Lipinski definition) is 5. The zero-order valence-electron chi connectivity index (χ0n) is 25.8. The van der Waals surface area contributed by atoms with Gasteiger partial charge < -0.3 is 15.0 Å². The number of amides is 2. The highest BCUT2D eigenvalue weighted by Gasteiger charge is 2.35. The van der Waals surface area contributed by atoms with Gasteiger partial charge in [-0.1, -0.05) is 35.9 Å². The van der Waals surface area contributed by atoms with E-state index in [9.17, 15) is 14.4 Å². The van der Waals surface area contributed by atoms with Crippen LogP contribution in [-0.4, -0.2) is 47.8 Å². The molecular formula is C35H32BrClN6O4. The van der Waals surface area contributed by atoms with Gasteiger partial charge in [0.2, 0.25) is 0 Å². The molecule has 7 rings (SSSR count). The maximum atomic E-state index is 14.2. The Hall–Kier alpha value is -4.61. The van der Waals surface area contributed by atoms with Crippen LogP contribution in [0.1, 0.15) is 51.9 Å². The lowest BCUT2D eigenvalue weighted by Crippen LogP contribution is -2.47. The van der Waals surface area contributed by atoms with Gasteiger partial charge in [-0.2, -0.15) is 5.10 Å². The summed E-state index contributed by atoms with van der Waals surface area (Å²) in [5.74, 6) is 0.0400. The fourth-order valence-corrected chi connectivity index (χ4v) is 6.38. The van der Waals surface area contributed by atoms with E-state index < -0.39 is 5.91 Å². The van der Waals surface area contributed by atoms with Crippen molar-refractivity contribution < 1.29 is 14.3 Å². The van der Waals surface area contributed by atoms with Gasteiger partial charge in [0.1, 0.15) is 11.4 Å². The van der Waals surface area contributed by atoms with Crippen LogP contribution < -0.4 is 15.7 Å². The van der Waals surface area contributed by atoms with E-state index in [1.54, 1.807) is 44.5 Å². The third kappa shape index (κ3) is 6.13. The summed E-state index contributed by atoms with van der Waals surface area (Å²) in [5, 5.41) is 8.01. The molecule has 2 amide bonds. The minimum atomic E-state index is -0.432. The summed E-state index contributed by atoms with van der Waals surface area (Å²) in [5.41, 5.74) is 3.81. The van der Waals surface area contributed by atoms with Crippen LogP contribution in [0.2, 0.25) is 5.02 Å². The standard InChI is InChI=1S/C35H32BrClN6O4/c1-21-19-42-31(20-41(21)34(45)22-7-14-28(36)29(37)17-22)32(43(35(42)46)24-8-10-25(11-9-24)47-26-12-13-26)33(44)38-18-23-5-3-4-6-27(23)30-15-16-40(2)39-30/h3-11,14-17,21,26H,12-13,18-20H2,1-2H3,(H,38,44)/t21-/m1/s1. The van der Waals surface area contributed by atoms with E-state index in [4.69, 9.17) is 16.3 Å². The molecule has 12 heteroatoms. The predicted molar refractivity (Wildman–Crippen MR) is 182 cm³/mol. The molecule has 3 heterocycles. The molecule has 0 bridgehead atoms. The van der Waals surface area contributed by atoms with Crippen LogP contribution in [0.25, 0.3) is 16.9 Å². The highest BCUT2D eigenvalue weighted by molar-refractivity contribution is 9.10. The van der Waals surface area contributed by atoms with Crippen molar-refractivity contribution in [3.63, 3.8) is 0 Å². The first-order valence-corrected chi connectivity index (χ1v) is 16.6. The Bertz CT molecular complexity index is 2060. The number of aromatic nitrogens is 4. The molecule has 1 saturated carbocycles. The van der Waals surface area contributed by atoms with Gasteiger partial charge in [0.15, 0.2) is 0 Å². The van der Waals surface area contributed by atoms with Crippen LogP contribution in [0.15, 0.2) is 88.3 Å². The SMILES string of the molecule is C[C@@H]1Cn2c(c(C(=O)NCc3ccccc3-c3ccn(C)n3)n(-c3ccc(OC4CC4)cc3)c2=O)CN1C(=O)c1ccc(Br)c(Cl)c1. The van der Waals surface area contributed by atoms with Gasteiger partial charge in [0.05, 0.1) is 34.7 Å². The first kappa shape index (κ1) is 31.0. The fraction of sp³-hybridized carbons (Fsp3) is 0.257. The van der Waals surface area contributed by atoms with Crippen molar-refractivity contribution in [2.75, 3.05) is 0 Å². The summed E-state index contributed by atoms with van der Waals surface area (Å²) < 4.78 is 11.4. The Balaban J connectivity index is 1.26. The molecule has 1 fully saturated rings. The summed E-state index contributed by atoms with van der Waals surface area (Å²) in [6.07, 6.45) is 4.15. The number of ether oxygens (including phenoxy) is 1. The average molecular weight is 716 g/mol. The van der Waals surface area contributed by atoms with Crippen molar-refractivity contribution in [2.24, 2.45) is 7.05 Å². The summed E-state index contributed by atoms with van der Waals surface area (Å²) in [7, 11) is 1.86. The largest absolute Gasteiger partial charge is 0.490 e. The zero-order valence-corrected chi connectivity index (χ0v) is 28.2. The second-order valence-corrected chi connectivity index (χ2v) is 13.2. The molecule has 1 N–H and O–H groups in total. The van der Waals surface area contributed by atoms with Crippen molar-refractivity contribution in [1.82, 2.24) is 29.1 Å². The topological polar surface area (TPSA) is 103 Å². The van der Waals surface area contributed by atoms with Crippen LogP contribution >= 0.6 is 27.5 Å². The molecule has 1 aliphatic carbocycles. The van der Waals surface area contributed by atoms with Crippen LogP contribution in [-0.2, 0) is 26.7 Å². The van der Waals surface area contributed by atoms with Crippen molar-refractivity contribution in [3.8, 4) is 22.7 Å². The van der Waals surface area contributed by atoms with Gasteiger partial charge in [0.25, 0.3) is 11.8 Å². The van der Waals surface area contributed by atoms with E-state index in [2.05, 4.69) is 26.3 Å². The number of carbonyl (C=O) groups excluding carboxylic acids is 2. The second kappa shape index (κ2) is 12.5. The van der Waals surface area contributed by atoms with Crippen LogP contribution in [0, 0.1) is 0 Å². The number of aryl methyl sites for hydroxylation is 1. The minimum absolute atomic E-state index is 0.0616. The van der Waals surface area contributed by atoms with E-state index in [1.165, 1.54) is 4.57 Å². The molecule has 2 aliphatic rings.